The first-order valence-corrected chi connectivity index (χ1v) is 13.2. The van der Waals surface area contributed by atoms with E-state index in [1.165, 1.54) is 16.4 Å². The minimum Gasteiger partial charge on any atom is -0.490 e. The molecule has 2 aliphatic rings. The molecule has 2 aromatic carbocycles. The SMILES string of the molecule is CCOc1cc2c(cc1OCC)CN(C(=O)C1CCCN(S(=O)(=O)c3ccc(F)cc3)C1)CC2. The maximum atomic E-state index is 13.4. The number of carbonyl (C=O) groups is 1. The van der Waals surface area contributed by atoms with Gasteiger partial charge in [-0.2, -0.15) is 4.31 Å². The third kappa shape index (κ3) is 5.05. The van der Waals surface area contributed by atoms with Gasteiger partial charge >= 0.3 is 0 Å². The molecule has 7 nitrogen and oxygen atoms in total. The van der Waals surface area contributed by atoms with Crippen molar-refractivity contribution in [3.63, 3.8) is 0 Å². The van der Waals surface area contributed by atoms with Crippen molar-refractivity contribution in [2.24, 2.45) is 5.92 Å². The molecule has 2 heterocycles. The molecule has 1 amide bonds. The van der Waals surface area contributed by atoms with Crippen LogP contribution in [0.3, 0.4) is 0 Å². The van der Waals surface area contributed by atoms with Gasteiger partial charge in [-0.05, 0) is 80.6 Å². The second-order valence-corrected chi connectivity index (χ2v) is 10.5. The highest BCUT2D eigenvalue weighted by atomic mass is 32.2. The highest BCUT2D eigenvalue weighted by Gasteiger charge is 2.36. The van der Waals surface area contributed by atoms with E-state index in [9.17, 15) is 17.6 Å². The predicted molar refractivity (Wildman–Crippen MR) is 126 cm³/mol. The fraction of sp³-hybridized carbons (Fsp3) is 0.480. The highest BCUT2D eigenvalue weighted by molar-refractivity contribution is 7.89. The number of ether oxygens (including phenoxy) is 2. The topological polar surface area (TPSA) is 76.2 Å². The van der Waals surface area contributed by atoms with Gasteiger partial charge in [0.15, 0.2) is 11.5 Å². The minimum atomic E-state index is -3.78. The lowest BCUT2D eigenvalue weighted by molar-refractivity contribution is -0.137. The Morgan fingerprint density at radius 1 is 1.03 bits per heavy atom. The van der Waals surface area contributed by atoms with Crippen LogP contribution in [0.2, 0.25) is 0 Å². The van der Waals surface area contributed by atoms with Gasteiger partial charge in [0.2, 0.25) is 15.9 Å². The highest BCUT2D eigenvalue weighted by Crippen LogP contribution is 2.35. The van der Waals surface area contributed by atoms with Crippen LogP contribution in [-0.4, -0.2) is 56.4 Å². The third-order valence-electron chi connectivity index (χ3n) is 6.37. The van der Waals surface area contributed by atoms with Gasteiger partial charge in [0.05, 0.1) is 24.0 Å². The van der Waals surface area contributed by atoms with E-state index in [0.29, 0.717) is 57.9 Å². The lowest BCUT2D eigenvalue weighted by atomic mass is 9.94. The average Bonchev–Trinajstić information content (AvgIpc) is 2.84. The Balaban J connectivity index is 1.48. The summed E-state index contributed by atoms with van der Waals surface area (Å²) in [5.74, 6) is 0.469. The number of piperidine rings is 1. The van der Waals surface area contributed by atoms with E-state index in [1.54, 1.807) is 0 Å². The van der Waals surface area contributed by atoms with Crippen molar-refractivity contribution in [1.82, 2.24) is 9.21 Å². The molecule has 0 aliphatic carbocycles. The number of sulfonamides is 1. The van der Waals surface area contributed by atoms with Gasteiger partial charge in [-0.3, -0.25) is 4.79 Å². The van der Waals surface area contributed by atoms with Crippen molar-refractivity contribution in [2.45, 2.75) is 44.6 Å². The van der Waals surface area contributed by atoms with E-state index in [0.717, 1.165) is 29.0 Å². The Kier molecular flexibility index (Phi) is 7.42. The quantitative estimate of drug-likeness (QED) is 0.593. The van der Waals surface area contributed by atoms with Crippen molar-refractivity contribution >= 4 is 15.9 Å². The van der Waals surface area contributed by atoms with Gasteiger partial charge in [-0.25, -0.2) is 12.8 Å². The normalized spacial score (nSPS) is 18.9. The number of fused-ring (bicyclic) bond motifs is 1. The van der Waals surface area contributed by atoms with E-state index in [4.69, 9.17) is 9.47 Å². The Morgan fingerprint density at radius 3 is 2.32 bits per heavy atom. The van der Waals surface area contributed by atoms with Crippen LogP contribution in [0.5, 0.6) is 11.5 Å². The summed E-state index contributed by atoms with van der Waals surface area (Å²) < 4.78 is 52.2. The lowest BCUT2D eigenvalue weighted by Gasteiger charge is -2.36. The summed E-state index contributed by atoms with van der Waals surface area (Å²) in [5.41, 5.74) is 2.17. The monoisotopic (exact) mass is 490 g/mol. The average molecular weight is 491 g/mol. The fourth-order valence-corrected chi connectivity index (χ4v) is 6.19. The van der Waals surface area contributed by atoms with Gasteiger partial charge in [0.25, 0.3) is 0 Å². The molecule has 0 bridgehead atoms. The van der Waals surface area contributed by atoms with Crippen molar-refractivity contribution < 1.29 is 27.1 Å². The maximum Gasteiger partial charge on any atom is 0.243 e. The molecule has 1 fully saturated rings. The molecular formula is C25H31FN2O5S. The fourth-order valence-electron chi connectivity index (χ4n) is 4.66. The van der Waals surface area contributed by atoms with Crippen LogP contribution in [0.25, 0.3) is 0 Å². The Morgan fingerprint density at radius 2 is 1.68 bits per heavy atom. The molecule has 0 N–H and O–H groups in total. The van der Waals surface area contributed by atoms with Crippen LogP contribution in [-0.2, 0) is 27.8 Å². The number of rotatable bonds is 7. The molecule has 2 aliphatic heterocycles. The van der Waals surface area contributed by atoms with E-state index < -0.39 is 21.8 Å². The smallest absolute Gasteiger partial charge is 0.243 e. The molecule has 0 spiro atoms. The maximum absolute atomic E-state index is 13.4. The van der Waals surface area contributed by atoms with Gasteiger partial charge in [0.1, 0.15) is 5.82 Å². The van der Waals surface area contributed by atoms with Crippen LogP contribution in [0, 0.1) is 11.7 Å². The Bertz CT molecular complexity index is 1140. The zero-order valence-electron chi connectivity index (χ0n) is 19.6. The van der Waals surface area contributed by atoms with E-state index in [1.807, 2.05) is 30.9 Å². The molecule has 1 saturated heterocycles. The molecular weight excluding hydrogens is 459 g/mol. The third-order valence-corrected chi connectivity index (χ3v) is 8.25. The van der Waals surface area contributed by atoms with Crippen molar-refractivity contribution in [3.8, 4) is 11.5 Å². The lowest BCUT2D eigenvalue weighted by Crippen LogP contribution is -2.47. The second kappa shape index (κ2) is 10.3. The summed E-state index contributed by atoms with van der Waals surface area (Å²) in [6.07, 6.45) is 1.95. The minimum absolute atomic E-state index is 0.0310. The summed E-state index contributed by atoms with van der Waals surface area (Å²) in [5, 5.41) is 0. The predicted octanol–water partition coefficient (Wildman–Crippen LogP) is 3.61. The molecule has 0 radical (unpaired) electrons. The number of halogens is 1. The molecule has 1 atom stereocenters. The first-order chi connectivity index (χ1) is 16.3. The van der Waals surface area contributed by atoms with Gasteiger partial charge in [-0.1, -0.05) is 0 Å². The summed E-state index contributed by atoms with van der Waals surface area (Å²) in [6, 6.07) is 8.77. The van der Waals surface area contributed by atoms with Crippen molar-refractivity contribution in [1.29, 1.82) is 0 Å². The Labute approximate surface area is 200 Å². The number of carbonyl (C=O) groups excluding carboxylic acids is 1. The standard InChI is InChI=1S/C25H31FN2O5S/c1-3-32-23-14-18-11-13-27(16-20(18)15-24(23)33-4-2)25(29)19-6-5-12-28(17-19)34(30,31)22-9-7-21(26)8-10-22/h7-10,14-15,19H,3-6,11-13,16-17H2,1-2H3. The van der Waals surface area contributed by atoms with Gasteiger partial charge < -0.3 is 14.4 Å². The van der Waals surface area contributed by atoms with Crippen molar-refractivity contribution in [3.05, 3.63) is 53.3 Å². The number of nitrogens with zero attached hydrogens (tertiary/aromatic N) is 2. The zero-order chi connectivity index (χ0) is 24.3. The second-order valence-electron chi connectivity index (χ2n) is 8.60. The van der Waals surface area contributed by atoms with Gasteiger partial charge in [0, 0.05) is 26.2 Å². The van der Waals surface area contributed by atoms with E-state index >= 15 is 0 Å². The number of benzene rings is 2. The Hall–Kier alpha value is -2.65. The molecule has 4 rings (SSSR count). The molecule has 184 valence electrons. The number of amides is 1. The summed E-state index contributed by atoms with van der Waals surface area (Å²) in [7, 11) is -3.78. The molecule has 1 unspecified atom stereocenters. The molecule has 2 aromatic rings. The van der Waals surface area contributed by atoms with Crippen LogP contribution < -0.4 is 9.47 Å². The zero-order valence-corrected chi connectivity index (χ0v) is 20.4. The number of hydrogen-bond donors (Lipinski definition) is 0. The molecule has 9 heteroatoms. The van der Waals surface area contributed by atoms with Gasteiger partial charge in [-0.15, -0.1) is 0 Å². The van der Waals surface area contributed by atoms with Crippen LogP contribution in [0.4, 0.5) is 4.39 Å². The van der Waals surface area contributed by atoms with Crippen LogP contribution in [0.1, 0.15) is 37.8 Å². The van der Waals surface area contributed by atoms with E-state index in [-0.39, 0.29) is 17.3 Å². The molecule has 0 aromatic heterocycles. The largest absolute Gasteiger partial charge is 0.490 e. The first-order valence-electron chi connectivity index (χ1n) is 11.8. The molecule has 0 saturated carbocycles. The molecule has 34 heavy (non-hydrogen) atoms. The summed E-state index contributed by atoms with van der Waals surface area (Å²) in [4.78, 5) is 15.3. The summed E-state index contributed by atoms with van der Waals surface area (Å²) >= 11 is 0. The summed E-state index contributed by atoms with van der Waals surface area (Å²) in [6.45, 7) is 6.43. The van der Waals surface area contributed by atoms with Crippen LogP contribution >= 0.6 is 0 Å². The first kappa shape index (κ1) is 24.5. The number of hydrogen-bond acceptors (Lipinski definition) is 5. The van der Waals surface area contributed by atoms with E-state index in [2.05, 4.69) is 0 Å². The van der Waals surface area contributed by atoms with Crippen molar-refractivity contribution in [2.75, 3.05) is 32.8 Å². The van der Waals surface area contributed by atoms with Crippen LogP contribution in [0.15, 0.2) is 41.3 Å².